The smallest absolute Gasteiger partial charge is 0.271 e. The molecule has 1 N–H and O–H groups in total. The van der Waals surface area contributed by atoms with Crippen LogP contribution in [0.2, 0.25) is 0 Å². The summed E-state index contributed by atoms with van der Waals surface area (Å²) in [6.45, 7) is 12.7. The molecule has 1 unspecified atom stereocenters. The first-order valence-corrected chi connectivity index (χ1v) is 11.8. The van der Waals surface area contributed by atoms with E-state index in [1.54, 1.807) is 12.4 Å². The highest BCUT2D eigenvalue weighted by molar-refractivity contribution is 5.92. The Morgan fingerprint density at radius 1 is 1.06 bits per heavy atom. The average molecular weight is 460 g/mol. The SMILES string of the molecule is Cc1c(Cc2ccccc2)nnc(N2CCN(c3cnc(C(=O)NC(C)C)cn3)C(C)C2)c1C. The molecular weight excluding hydrogens is 426 g/mol. The van der Waals surface area contributed by atoms with Gasteiger partial charge in [0.1, 0.15) is 11.5 Å². The van der Waals surface area contributed by atoms with Crippen LogP contribution in [-0.2, 0) is 6.42 Å². The van der Waals surface area contributed by atoms with Crippen molar-refractivity contribution in [3.05, 3.63) is 70.8 Å². The van der Waals surface area contributed by atoms with Crippen LogP contribution in [-0.4, -0.2) is 57.8 Å². The van der Waals surface area contributed by atoms with Gasteiger partial charge in [-0.3, -0.25) is 4.79 Å². The molecule has 3 heterocycles. The Bertz CT molecular complexity index is 1130. The molecule has 8 nitrogen and oxygen atoms in total. The summed E-state index contributed by atoms with van der Waals surface area (Å²) >= 11 is 0. The number of hydrogen-bond acceptors (Lipinski definition) is 7. The van der Waals surface area contributed by atoms with Gasteiger partial charge in [-0.05, 0) is 51.3 Å². The van der Waals surface area contributed by atoms with E-state index in [9.17, 15) is 4.79 Å². The third-order valence-corrected chi connectivity index (χ3v) is 6.32. The summed E-state index contributed by atoms with van der Waals surface area (Å²) in [4.78, 5) is 25.5. The number of benzene rings is 1. The highest BCUT2D eigenvalue weighted by atomic mass is 16.1. The van der Waals surface area contributed by atoms with Crippen molar-refractivity contribution >= 4 is 17.5 Å². The summed E-state index contributed by atoms with van der Waals surface area (Å²) in [6.07, 6.45) is 4.03. The molecule has 1 saturated heterocycles. The van der Waals surface area contributed by atoms with E-state index >= 15 is 0 Å². The molecule has 1 amide bonds. The van der Waals surface area contributed by atoms with Crippen LogP contribution in [0.5, 0.6) is 0 Å². The van der Waals surface area contributed by atoms with Crippen LogP contribution in [0, 0.1) is 13.8 Å². The van der Waals surface area contributed by atoms with E-state index in [1.165, 1.54) is 16.7 Å². The first-order valence-electron chi connectivity index (χ1n) is 11.8. The van der Waals surface area contributed by atoms with Crippen molar-refractivity contribution in [1.29, 1.82) is 0 Å². The van der Waals surface area contributed by atoms with Crippen molar-refractivity contribution in [2.24, 2.45) is 0 Å². The zero-order valence-electron chi connectivity index (χ0n) is 20.6. The largest absolute Gasteiger partial charge is 0.351 e. The molecule has 1 aliphatic rings. The van der Waals surface area contributed by atoms with Crippen molar-refractivity contribution in [1.82, 2.24) is 25.5 Å². The molecule has 0 bridgehead atoms. The summed E-state index contributed by atoms with van der Waals surface area (Å²) < 4.78 is 0. The Morgan fingerprint density at radius 3 is 2.47 bits per heavy atom. The van der Waals surface area contributed by atoms with Gasteiger partial charge >= 0.3 is 0 Å². The maximum atomic E-state index is 12.1. The van der Waals surface area contributed by atoms with E-state index in [0.717, 1.165) is 43.4 Å². The number of rotatable bonds is 6. The first kappa shape index (κ1) is 23.6. The Balaban J connectivity index is 1.44. The van der Waals surface area contributed by atoms with Crippen molar-refractivity contribution in [2.75, 3.05) is 29.4 Å². The number of aromatic nitrogens is 4. The van der Waals surface area contributed by atoms with Crippen LogP contribution >= 0.6 is 0 Å². The van der Waals surface area contributed by atoms with Crippen LogP contribution in [0.3, 0.4) is 0 Å². The minimum Gasteiger partial charge on any atom is -0.351 e. The lowest BCUT2D eigenvalue weighted by atomic mass is 10.0. The zero-order chi connectivity index (χ0) is 24.2. The maximum Gasteiger partial charge on any atom is 0.271 e. The molecule has 2 aromatic heterocycles. The van der Waals surface area contributed by atoms with E-state index in [0.29, 0.717) is 5.69 Å². The van der Waals surface area contributed by atoms with E-state index in [1.807, 2.05) is 19.9 Å². The lowest BCUT2D eigenvalue weighted by Crippen LogP contribution is -2.53. The fourth-order valence-electron chi connectivity index (χ4n) is 4.31. The summed E-state index contributed by atoms with van der Waals surface area (Å²) in [6, 6.07) is 10.7. The van der Waals surface area contributed by atoms with E-state index < -0.39 is 0 Å². The van der Waals surface area contributed by atoms with Crippen LogP contribution < -0.4 is 15.1 Å². The number of carbonyl (C=O) groups excluding carboxylic acids is 1. The molecule has 178 valence electrons. The van der Waals surface area contributed by atoms with Crippen LogP contribution in [0.25, 0.3) is 0 Å². The highest BCUT2D eigenvalue weighted by Crippen LogP contribution is 2.26. The lowest BCUT2D eigenvalue weighted by Gasteiger charge is -2.41. The Kier molecular flexibility index (Phi) is 7.05. The highest BCUT2D eigenvalue weighted by Gasteiger charge is 2.27. The second kappa shape index (κ2) is 10.2. The quantitative estimate of drug-likeness (QED) is 0.605. The van der Waals surface area contributed by atoms with Gasteiger partial charge in [-0.1, -0.05) is 30.3 Å². The predicted octanol–water partition coefficient (Wildman–Crippen LogP) is 3.33. The number of piperazine rings is 1. The number of amides is 1. The molecule has 8 heteroatoms. The number of anilines is 2. The number of nitrogens with zero attached hydrogens (tertiary/aromatic N) is 6. The fourth-order valence-corrected chi connectivity index (χ4v) is 4.31. The molecule has 34 heavy (non-hydrogen) atoms. The molecule has 0 radical (unpaired) electrons. The van der Waals surface area contributed by atoms with Crippen molar-refractivity contribution in [2.45, 2.75) is 53.1 Å². The molecule has 3 aromatic rings. The van der Waals surface area contributed by atoms with E-state index in [2.05, 4.69) is 80.3 Å². The molecule has 1 atom stereocenters. The molecule has 0 spiro atoms. The third kappa shape index (κ3) is 5.16. The normalized spacial score (nSPS) is 16.1. The summed E-state index contributed by atoms with van der Waals surface area (Å²) in [5.41, 5.74) is 4.98. The van der Waals surface area contributed by atoms with Gasteiger partial charge < -0.3 is 15.1 Å². The van der Waals surface area contributed by atoms with Crippen LogP contribution in [0.15, 0.2) is 42.7 Å². The second-order valence-corrected chi connectivity index (χ2v) is 9.26. The van der Waals surface area contributed by atoms with Crippen LogP contribution in [0.4, 0.5) is 11.6 Å². The Morgan fingerprint density at radius 2 is 1.82 bits per heavy atom. The standard InChI is InChI=1S/C26H33N7O/c1-17(2)29-26(34)23-14-28-24(15-27-23)33-12-11-32(16-18(33)3)25-20(5)19(4)22(30-31-25)13-21-9-7-6-8-10-21/h6-10,14-15,17-18H,11-13,16H2,1-5H3,(H,29,34). The fraction of sp³-hybridized carbons (Fsp3) is 0.423. The van der Waals surface area contributed by atoms with Gasteiger partial charge in [0.2, 0.25) is 0 Å². The number of nitrogens with one attached hydrogen (secondary N) is 1. The summed E-state index contributed by atoms with van der Waals surface area (Å²) in [5, 5.41) is 12.1. The summed E-state index contributed by atoms with van der Waals surface area (Å²) in [5.74, 6) is 1.53. The molecule has 1 aliphatic heterocycles. The van der Waals surface area contributed by atoms with Gasteiger partial charge in [-0.15, -0.1) is 5.10 Å². The maximum absolute atomic E-state index is 12.1. The van der Waals surface area contributed by atoms with Crippen molar-refractivity contribution in [3.8, 4) is 0 Å². The Hall–Kier alpha value is -3.55. The first-order chi connectivity index (χ1) is 16.3. The monoisotopic (exact) mass is 459 g/mol. The molecule has 0 saturated carbocycles. The molecule has 1 aromatic carbocycles. The second-order valence-electron chi connectivity index (χ2n) is 9.26. The minimum absolute atomic E-state index is 0.0599. The zero-order valence-corrected chi connectivity index (χ0v) is 20.6. The molecular formula is C26H33N7O. The van der Waals surface area contributed by atoms with E-state index in [4.69, 9.17) is 0 Å². The lowest BCUT2D eigenvalue weighted by molar-refractivity contribution is 0.0937. The summed E-state index contributed by atoms with van der Waals surface area (Å²) in [7, 11) is 0. The number of hydrogen-bond donors (Lipinski definition) is 1. The van der Waals surface area contributed by atoms with Crippen molar-refractivity contribution < 1.29 is 4.79 Å². The molecule has 4 rings (SSSR count). The Labute approximate surface area is 201 Å². The van der Waals surface area contributed by atoms with Gasteiger partial charge in [0.25, 0.3) is 5.91 Å². The minimum atomic E-state index is -0.202. The molecule has 0 aliphatic carbocycles. The van der Waals surface area contributed by atoms with Gasteiger partial charge in [-0.25, -0.2) is 9.97 Å². The van der Waals surface area contributed by atoms with Gasteiger partial charge in [0.05, 0.1) is 18.1 Å². The van der Waals surface area contributed by atoms with Gasteiger partial charge in [-0.2, -0.15) is 5.10 Å². The third-order valence-electron chi connectivity index (χ3n) is 6.32. The molecule has 1 fully saturated rings. The average Bonchev–Trinajstić information content (AvgIpc) is 2.82. The number of carbonyl (C=O) groups is 1. The van der Waals surface area contributed by atoms with Crippen molar-refractivity contribution in [3.63, 3.8) is 0 Å². The van der Waals surface area contributed by atoms with Crippen LogP contribution in [0.1, 0.15) is 53.6 Å². The topological polar surface area (TPSA) is 87.1 Å². The van der Waals surface area contributed by atoms with E-state index in [-0.39, 0.29) is 18.0 Å². The van der Waals surface area contributed by atoms with Gasteiger partial charge in [0, 0.05) is 38.1 Å². The van der Waals surface area contributed by atoms with Gasteiger partial charge in [0.15, 0.2) is 5.82 Å². The predicted molar refractivity (Wildman–Crippen MR) is 134 cm³/mol.